The molecule has 0 atom stereocenters. The van der Waals surface area contributed by atoms with Crippen LogP contribution in [-0.2, 0) is 16.6 Å². The molecule has 0 unspecified atom stereocenters. The largest absolute Gasteiger partial charge is 0.313 e. The third kappa shape index (κ3) is 4.16. The molecule has 0 saturated carbocycles. The van der Waals surface area contributed by atoms with E-state index < -0.39 is 10.0 Å². The fraction of sp³-hybridized carbons (Fsp3) is 0.429. The summed E-state index contributed by atoms with van der Waals surface area (Å²) in [4.78, 5) is 0.330. The Morgan fingerprint density at radius 1 is 1.26 bits per heavy atom. The number of nitrogens with zero attached hydrogens (tertiary/aromatic N) is 1. The van der Waals surface area contributed by atoms with Gasteiger partial charge < -0.3 is 5.32 Å². The molecule has 19 heavy (non-hydrogen) atoms. The predicted molar refractivity (Wildman–Crippen MR) is 78.5 cm³/mol. The maximum absolute atomic E-state index is 12.3. The lowest BCUT2D eigenvalue weighted by Crippen LogP contribution is -2.31. The molecule has 1 aromatic rings. The summed E-state index contributed by atoms with van der Waals surface area (Å²) in [7, 11) is -3.41. The molecule has 1 rings (SSSR count). The van der Waals surface area contributed by atoms with Crippen molar-refractivity contribution in [1.29, 1.82) is 0 Å². The Kier molecular flexibility index (Phi) is 6.21. The molecule has 5 heteroatoms. The molecule has 106 valence electrons. The third-order valence-electron chi connectivity index (χ3n) is 2.83. The molecule has 0 radical (unpaired) electrons. The molecule has 0 amide bonds. The Balaban J connectivity index is 2.92. The lowest BCUT2D eigenvalue weighted by atomic mass is 10.2. The molecule has 0 saturated heterocycles. The van der Waals surface area contributed by atoms with Gasteiger partial charge in [-0.05, 0) is 24.2 Å². The van der Waals surface area contributed by atoms with Crippen molar-refractivity contribution < 1.29 is 8.42 Å². The van der Waals surface area contributed by atoms with E-state index in [9.17, 15) is 8.42 Å². The Morgan fingerprint density at radius 2 is 1.89 bits per heavy atom. The molecule has 4 nitrogen and oxygen atoms in total. The summed E-state index contributed by atoms with van der Waals surface area (Å²) in [5.74, 6) is 0. The van der Waals surface area contributed by atoms with Gasteiger partial charge in [0.05, 0.1) is 4.90 Å². The normalized spacial score (nSPS) is 11.7. The summed E-state index contributed by atoms with van der Waals surface area (Å²) >= 11 is 0. The second kappa shape index (κ2) is 7.43. The van der Waals surface area contributed by atoms with Crippen LogP contribution in [0, 0.1) is 0 Å². The minimum absolute atomic E-state index is 0.330. The zero-order valence-electron chi connectivity index (χ0n) is 11.6. The quantitative estimate of drug-likeness (QED) is 0.742. The average Bonchev–Trinajstić information content (AvgIpc) is 2.42. The number of likely N-dealkylation sites (N-methyl/N-ethyl adjacent to an activating group) is 1. The third-order valence-corrected chi connectivity index (χ3v) is 4.78. The van der Waals surface area contributed by atoms with Gasteiger partial charge in [0, 0.05) is 19.6 Å². The summed E-state index contributed by atoms with van der Waals surface area (Å²) in [6.07, 6.45) is 1.60. The minimum Gasteiger partial charge on any atom is -0.313 e. The number of hydrogen-bond donors (Lipinski definition) is 1. The van der Waals surface area contributed by atoms with Gasteiger partial charge >= 0.3 is 0 Å². The van der Waals surface area contributed by atoms with Crippen LogP contribution in [0.15, 0.2) is 41.8 Å². The molecular formula is C14H22N2O2S. The number of sulfonamides is 1. The van der Waals surface area contributed by atoms with E-state index >= 15 is 0 Å². The van der Waals surface area contributed by atoms with Gasteiger partial charge in [0.2, 0.25) is 10.0 Å². The van der Waals surface area contributed by atoms with Gasteiger partial charge in [0.1, 0.15) is 0 Å². The van der Waals surface area contributed by atoms with E-state index in [1.54, 1.807) is 18.2 Å². The first-order chi connectivity index (χ1) is 9.06. The van der Waals surface area contributed by atoms with E-state index in [-0.39, 0.29) is 0 Å². The Labute approximate surface area is 116 Å². The molecule has 1 N–H and O–H groups in total. The molecule has 0 aliphatic heterocycles. The SMILES string of the molecule is C=CCN(CC)S(=O)(=O)c1ccc(CNCC)cc1. The molecule has 0 fully saturated rings. The van der Waals surface area contributed by atoms with E-state index in [1.807, 2.05) is 26.0 Å². The van der Waals surface area contributed by atoms with Crippen LogP contribution >= 0.6 is 0 Å². The van der Waals surface area contributed by atoms with Crippen LogP contribution in [0.4, 0.5) is 0 Å². The van der Waals surface area contributed by atoms with E-state index in [0.717, 1.165) is 18.7 Å². The second-order valence-corrected chi connectivity index (χ2v) is 6.11. The van der Waals surface area contributed by atoms with E-state index in [2.05, 4.69) is 11.9 Å². The fourth-order valence-electron chi connectivity index (χ4n) is 1.74. The van der Waals surface area contributed by atoms with Crippen molar-refractivity contribution in [3.8, 4) is 0 Å². The summed E-state index contributed by atoms with van der Waals surface area (Å²) < 4.78 is 26.1. The number of hydrogen-bond acceptors (Lipinski definition) is 3. The highest BCUT2D eigenvalue weighted by Crippen LogP contribution is 2.16. The summed E-state index contributed by atoms with van der Waals surface area (Å²) in [5.41, 5.74) is 1.08. The van der Waals surface area contributed by atoms with Crippen molar-refractivity contribution in [2.45, 2.75) is 25.3 Å². The summed E-state index contributed by atoms with van der Waals surface area (Å²) in [6.45, 7) is 9.86. The Bertz CT molecular complexity index is 495. The summed E-state index contributed by atoms with van der Waals surface area (Å²) in [6, 6.07) is 7.01. The summed E-state index contributed by atoms with van der Waals surface area (Å²) in [5, 5.41) is 3.20. The van der Waals surface area contributed by atoms with Crippen molar-refractivity contribution in [3.05, 3.63) is 42.5 Å². The number of nitrogens with one attached hydrogen (secondary N) is 1. The Morgan fingerprint density at radius 3 is 2.37 bits per heavy atom. The van der Waals surface area contributed by atoms with Crippen LogP contribution in [0.25, 0.3) is 0 Å². The van der Waals surface area contributed by atoms with E-state index in [0.29, 0.717) is 18.0 Å². The highest BCUT2D eigenvalue weighted by molar-refractivity contribution is 7.89. The van der Waals surface area contributed by atoms with Gasteiger partial charge in [-0.1, -0.05) is 32.1 Å². The van der Waals surface area contributed by atoms with Crippen LogP contribution in [0.5, 0.6) is 0 Å². The molecule has 0 aliphatic carbocycles. The molecule has 0 spiro atoms. The van der Waals surface area contributed by atoms with Crippen molar-refractivity contribution >= 4 is 10.0 Å². The standard InChI is InChI=1S/C14H22N2O2S/c1-4-11-16(6-3)19(17,18)14-9-7-13(8-10-14)12-15-5-2/h4,7-10,15H,1,5-6,11-12H2,2-3H3. The lowest BCUT2D eigenvalue weighted by Gasteiger charge is -2.18. The highest BCUT2D eigenvalue weighted by atomic mass is 32.2. The zero-order chi connectivity index (χ0) is 14.3. The van der Waals surface area contributed by atoms with E-state index in [4.69, 9.17) is 0 Å². The molecule has 0 heterocycles. The predicted octanol–water partition coefficient (Wildman–Crippen LogP) is 1.99. The first-order valence-electron chi connectivity index (χ1n) is 6.47. The second-order valence-electron chi connectivity index (χ2n) is 4.17. The van der Waals surface area contributed by atoms with Crippen LogP contribution in [0.3, 0.4) is 0 Å². The first-order valence-corrected chi connectivity index (χ1v) is 7.91. The number of benzene rings is 1. The van der Waals surface area contributed by atoms with Crippen molar-refractivity contribution in [3.63, 3.8) is 0 Å². The molecule has 0 bridgehead atoms. The molecular weight excluding hydrogens is 260 g/mol. The van der Waals surface area contributed by atoms with Crippen LogP contribution < -0.4 is 5.32 Å². The van der Waals surface area contributed by atoms with Crippen molar-refractivity contribution in [1.82, 2.24) is 9.62 Å². The van der Waals surface area contributed by atoms with Gasteiger partial charge in [-0.3, -0.25) is 0 Å². The van der Waals surface area contributed by atoms with E-state index in [1.165, 1.54) is 4.31 Å². The van der Waals surface area contributed by atoms with Gasteiger partial charge in [0.15, 0.2) is 0 Å². The van der Waals surface area contributed by atoms with Crippen LogP contribution in [-0.4, -0.2) is 32.4 Å². The van der Waals surface area contributed by atoms with Gasteiger partial charge in [-0.2, -0.15) is 4.31 Å². The highest BCUT2D eigenvalue weighted by Gasteiger charge is 2.21. The first kappa shape index (κ1) is 15.9. The monoisotopic (exact) mass is 282 g/mol. The lowest BCUT2D eigenvalue weighted by molar-refractivity contribution is 0.460. The van der Waals surface area contributed by atoms with Crippen molar-refractivity contribution in [2.24, 2.45) is 0 Å². The van der Waals surface area contributed by atoms with Crippen LogP contribution in [0.1, 0.15) is 19.4 Å². The van der Waals surface area contributed by atoms with Crippen molar-refractivity contribution in [2.75, 3.05) is 19.6 Å². The average molecular weight is 282 g/mol. The smallest absolute Gasteiger partial charge is 0.243 e. The topological polar surface area (TPSA) is 49.4 Å². The minimum atomic E-state index is -3.41. The molecule has 1 aromatic carbocycles. The zero-order valence-corrected chi connectivity index (χ0v) is 12.4. The van der Waals surface area contributed by atoms with Gasteiger partial charge in [-0.15, -0.1) is 6.58 Å². The Hall–Kier alpha value is -1.17. The van der Waals surface area contributed by atoms with Gasteiger partial charge in [0.25, 0.3) is 0 Å². The van der Waals surface area contributed by atoms with Crippen LogP contribution in [0.2, 0.25) is 0 Å². The molecule has 0 aromatic heterocycles. The fourth-order valence-corrected chi connectivity index (χ4v) is 3.16. The molecule has 0 aliphatic rings. The maximum Gasteiger partial charge on any atom is 0.243 e. The van der Waals surface area contributed by atoms with Gasteiger partial charge in [-0.25, -0.2) is 8.42 Å². The maximum atomic E-state index is 12.3. The number of rotatable bonds is 8.